The molecule has 1 saturated carbocycles. The fourth-order valence-corrected chi connectivity index (χ4v) is 3.00. The van der Waals surface area contributed by atoms with E-state index in [1.807, 2.05) is 0 Å². The Morgan fingerprint density at radius 1 is 1.28 bits per heavy atom. The van der Waals surface area contributed by atoms with E-state index in [-0.39, 0.29) is 0 Å². The Morgan fingerprint density at radius 3 is 2.44 bits per heavy atom. The first-order valence-electron chi connectivity index (χ1n) is 7.55. The van der Waals surface area contributed by atoms with Crippen LogP contribution >= 0.6 is 0 Å². The molecule has 0 saturated heterocycles. The van der Waals surface area contributed by atoms with Crippen LogP contribution in [0.25, 0.3) is 0 Å². The minimum absolute atomic E-state index is 0.559. The number of nitriles is 1. The highest BCUT2D eigenvalue weighted by Crippen LogP contribution is 2.24. The van der Waals surface area contributed by atoms with E-state index in [1.165, 1.54) is 32.1 Å². The zero-order valence-electron chi connectivity index (χ0n) is 12.3. The summed E-state index contributed by atoms with van der Waals surface area (Å²) in [5.74, 6) is 0. The Morgan fingerprint density at radius 2 is 1.94 bits per heavy atom. The highest BCUT2D eigenvalue weighted by Gasteiger charge is 2.26. The average Bonchev–Trinajstić information content (AvgIpc) is 2.38. The molecule has 1 rings (SSSR count). The molecular weight excluding hydrogens is 222 g/mol. The molecule has 0 radical (unpaired) electrons. The molecule has 1 aliphatic rings. The molecule has 3 nitrogen and oxygen atoms in total. The van der Waals surface area contributed by atoms with Crippen LogP contribution in [0, 0.1) is 11.3 Å². The van der Waals surface area contributed by atoms with Crippen molar-refractivity contribution in [3.8, 4) is 6.07 Å². The van der Waals surface area contributed by atoms with Crippen molar-refractivity contribution in [2.45, 2.75) is 77.4 Å². The summed E-state index contributed by atoms with van der Waals surface area (Å²) >= 11 is 0. The van der Waals surface area contributed by atoms with E-state index < -0.39 is 0 Å². The summed E-state index contributed by atoms with van der Waals surface area (Å²) in [5.41, 5.74) is 0. The first kappa shape index (κ1) is 15.5. The van der Waals surface area contributed by atoms with Gasteiger partial charge in [-0.15, -0.1) is 0 Å². The van der Waals surface area contributed by atoms with Crippen LogP contribution in [0.1, 0.15) is 59.3 Å². The molecule has 0 heterocycles. The summed E-state index contributed by atoms with van der Waals surface area (Å²) in [5, 5.41) is 12.4. The quantitative estimate of drug-likeness (QED) is 0.756. The number of hydrogen-bond acceptors (Lipinski definition) is 3. The Hall–Kier alpha value is -0.590. The lowest BCUT2D eigenvalue weighted by molar-refractivity contribution is 0.114. The van der Waals surface area contributed by atoms with Gasteiger partial charge in [-0.05, 0) is 52.5 Å². The minimum Gasteiger partial charge on any atom is -0.314 e. The lowest BCUT2D eigenvalue weighted by atomic mass is 9.89. The van der Waals surface area contributed by atoms with Gasteiger partial charge in [-0.25, -0.2) is 0 Å². The van der Waals surface area contributed by atoms with E-state index in [0.29, 0.717) is 18.5 Å². The van der Waals surface area contributed by atoms with Crippen molar-refractivity contribution >= 4 is 0 Å². The van der Waals surface area contributed by atoms with Crippen LogP contribution in [0.3, 0.4) is 0 Å². The number of nitrogens with one attached hydrogen (secondary N) is 1. The molecule has 1 aliphatic carbocycles. The highest BCUT2D eigenvalue weighted by molar-refractivity contribution is 4.85. The van der Waals surface area contributed by atoms with Gasteiger partial charge in [0.15, 0.2) is 0 Å². The summed E-state index contributed by atoms with van der Waals surface area (Å²) in [6.45, 7) is 8.81. The zero-order valence-corrected chi connectivity index (χ0v) is 12.3. The smallest absolute Gasteiger partial charge is 0.0635 e. The second-order valence-corrected chi connectivity index (χ2v) is 5.70. The fourth-order valence-electron chi connectivity index (χ4n) is 3.00. The van der Waals surface area contributed by atoms with Crippen molar-refractivity contribution in [3.05, 3.63) is 0 Å². The number of hydrogen-bond donors (Lipinski definition) is 1. The molecule has 0 bridgehead atoms. The van der Waals surface area contributed by atoms with Crippen LogP contribution < -0.4 is 5.32 Å². The fraction of sp³-hybridized carbons (Fsp3) is 0.933. The molecule has 1 fully saturated rings. The van der Waals surface area contributed by atoms with Crippen LogP contribution in [0.2, 0.25) is 0 Å². The molecule has 0 atom stereocenters. The Kier molecular flexibility index (Phi) is 7.31. The van der Waals surface area contributed by atoms with Crippen molar-refractivity contribution in [3.63, 3.8) is 0 Å². The Bertz CT molecular complexity index is 249. The Labute approximate surface area is 113 Å². The summed E-state index contributed by atoms with van der Waals surface area (Å²) in [6, 6.07) is 4.25. The first-order chi connectivity index (χ1) is 8.69. The lowest BCUT2D eigenvalue weighted by Gasteiger charge is -2.39. The van der Waals surface area contributed by atoms with Gasteiger partial charge in [-0.1, -0.05) is 6.92 Å². The maximum atomic E-state index is 8.75. The number of nitrogens with zero attached hydrogens (tertiary/aromatic N) is 2. The van der Waals surface area contributed by atoms with E-state index in [1.54, 1.807) is 0 Å². The topological polar surface area (TPSA) is 39.1 Å². The van der Waals surface area contributed by atoms with Crippen LogP contribution in [0.15, 0.2) is 0 Å². The first-order valence-corrected chi connectivity index (χ1v) is 7.55. The van der Waals surface area contributed by atoms with E-state index in [4.69, 9.17) is 5.26 Å². The third kappa shape index (κ3) is 4.96. The molecule has 0 aromatic carbocycles. The third-order valence-corrected chi connectivity index (χ3v) is 3.99. The predicted molar refractivity (Wildman–Crippen MR) is 76.4 cm³/mol. The van der Waals surface area contributed by atoms with Gasteiger partial charge in [0.05, 0.1) is 6.07 Å². The molecule has 0 aromatic rings. The molecule has 0 spiro atoms. The molecule has 3 heteroatoms. The lowest BCUT2D eigenvalue weighted by Crippen LogP contribution is -2.45. The monoisotopic (exact) mass is 251 g/mol. The molecule has 104 valence electrons. The van der Waals surface area contributed by atoms with E-state index in [9.17, 15) is 0 Å². The maximum Gasteiger partial charge on any atom is 0.0635 e. The van der Waals surface area contributed by atoms with Crippen LogP contribution in [0.5, 0.6) is 0 Å². The van der Waals surface area contributed by atoms with Gasteiger partial charge < -0.3 is 5.32 Å². The molecule has 0 aliphatic heterocycles. The van der Waals surface area contributed by atoms with Crippen LogP contribution in [-0.4, -0.2) is 36.1 Å². The van der Waals surface area contributed by atoms with Gasteiger partial charge >= 0.3 is 0 Å². The van der Waals surface area contributed by atoms with Gasteiger partial charge in [0.2, 0.25) is 0 Å². The van der Waals surface area contributed by atoms with Crippen molar-refractivity contribution in [2.75, 3.05) is 13.1 Å². The predicted octanol–water partition coefficient (Wildman–Crippen LogP) is 2.92. The number of rotatable bonds is 7. The molecule has 0 aromatic heterocycles. The van der Waals surface area contributed by atoms with Gasteiger partial charge in [-0.3, -0.25) is 4.90 Å². The second kappa shape index (κ2) is 8.50. The summed E-state index contributed by atoms with van der Waals surface area (Å²) < 4.78 is 0. The van der Waals surface area contributed by atoms with Crippen molar-refractivity contribution < 1.29 is 0 Å². The van der Waals surface area contributed by atoms with Gasteiger partial charge in [-0.2, -0.15) is 5.26 Å². The van der Waals surface area contributed by atoms with E-state index in [0.717, 1.165) is 19.1 Å². The summed E-state index contributed by atoms with van der Waals surface area (Å²) in [4.78, 5) is 2.53. The average molecular weight is 251 g/mol. The molecule has 1 N–H and O–H groups in total. The Balaban J connectivity index is 2.36. The summed E-state index contributed by atoms with van der Waals surface area (Å²) in [6.07, 6.45) is 7.03. The van der Waals surface area contributed by atoms with Crippen molar-refractivity contribution in [2.24, 2.45) is 0 Å². The third-order valence-electron chi connectivity index (χ3n) is 3.99. The largest absolute Gasteiger partial charge is 0.314 e. The second-order valence-electron chi connectivity index (χ2n) is 5.70. The van der Waals surface area contributed by atoms with Gasteiger partial charge in [0.25, 0.3) is 0 Å². The molecule has 0 unspecified atom stereocenters. The zero-order chi connectivity index (χ0) is 13.4. The van der Waals surface area contributed by atoms with Crippen LogP contribution in [-0.2, 0) is 0 Å². The van der Waals surface area contributed by atoms with Gasteiger partial charge in [0, 0.05) is 31.1 Å². The van der Waals surface area contributed by atoms with Crippen molar-refractivity contribution in [1.82, 2.24) is 10.2 Å². The maximum absolute atomic E-state index is 8.75. The van der Waals surface area contributed by atoms with Gasteiger partial charge in [0.1, 0.15) is 0 Å². The van der Waals surface area contributed by atoms with Crippen LogP contribution in [0.4, 0.5) is 0 Å². The SMILES string of the molecule is CCCNC1CCC(N(CCC#N)C(C)C)CC1. The highest BCUT2D eigenvalue weighted by atomic mass is 15.2. The molecular formula is C15H29N3. The minimum atomic E-state index is 0.559. The normalized spacial score (nSPS) is 24.4. The standard InChI is InChI=1S/C15H29N3/c1-4-11-17-14-6-8-15(9-7-14)18(13(2)3)12-5-10-16/h13-15,17H,4-9,11-12H2,1-3H3. The van der Waals surface area contributed by atoms with E-state index in [2.05, 4.69) is 37.1 Å². The van der Waals surface area contributed by atoms with E-state index >= 15 is 0 Å². The van der Waals surface area contributed by atoms with Crippen molar-refractivity contribution in [1.29, 1.82) is 5.26 Å². The molecule has 0 amide bonds. The summed E-state index contributed by atoms with van der Waals surface area (Å²) in [7, 11) is 0. The molecule has 18 heavy (non-hydrogen) atoms.